The van der Waals surface area contributed by atoms with E-state index in [9.17, 15) is 27.6 Å². The number of aryl methyl sites for hydroxylation is 1. The lowest BCUT2D eigenvalue weighted by Crippen LogP contribution is -2.53. The Labute approximate surface area is 185 Å². The lowest BCUT2D eigenvalue weighted by Gasteiger charge is -2.26. The maximum absolute atomic E-state index is 13.0. The normalized spacial score (nSPS) is 18.1. The van der Waals surface area contributed by atoms with Gasteiger partial charge in [-0.1, -0.05) is 30.3 Å². The molecule has 1 fully saturated rings. The van der Waals surface area contributed by atoms with Gasteiger partial charge in [-0.3, -0.25) is 19.6 Å². The van der Waals surface area contributed by atoms with Crippen molar-refractivity contribution in [3.05, 3.63) is 77.6 Å². The van der Waals surface area contributed by atoms with Gasteiger partial charge in [0.2, 0.25) is 0 Å². The topological polar surface area (TPSA) is 105 Å². The molecule has 4 rings (SSSR count). The summed E-state index contributed by atoms with van der Waals surface area (Å²) >= 11 is 0. The van der Waals surface area contributed by atoms with E-state index in [1.165, 1.54) is 29.1 Å². The van der Waals surface area contributed by atoms with Crippen molar-refractivity contribution in [3.63, 3.8) is 0 Å². The number of nitrogens with one attached hydrogen (secondary N) is 3. The Morgan fingerprint density at radius 3 is 2.36 bits per heavy atom. The van der Waals surface area contributed by atoms with Crippen LogP contribution >= 0.6 is 0 Å². The molecule has 0 aliphatic carbocycles. The van der Waals surface area contributed by atoms with Gasteiger partial charge in [0.1, 0.15) is 0 Å². The Kier molecular flexibility index (Phi) is 5.40. The van der Waals surface area contributed by atoms with Crippen molar-refractivity contribution in [1.82, 2.24) is 25.7 Å². The first-order valence-corrected chi connectivity index (χ1v) is 9.79. The summed E-state index contributed by atoms with van der Waals surface area (Å²) in [6.07, 6.45) is -3.02. The molecule has 1 saturated heterocycles. The van der Waals surface area contributed by atoms with Crippen molar-refractivity contribution in [2.75, 3.05) is 6.54 Å². The lowest BCUT2D eigenvalue weighted by atomic mass is 9.94. The van der Waals surface area contributed by atoms with Gasteiger partial charge in [0.25, 0.3) is 11.8 Å². The second-order valence-corrected chi connectivity index (χ2v) is 7.46. The number of amides is 4. The minimum Gasteiger partial charge on any atom is -0.349 e. The molecule has 3 N–H and O–H groups in total. The van der Waals surface area contributed by atoms with Gasteiger partial charge in [-0.2, -0.15) is 18.3 Å². The molecule has 0 spiro atoms. The number of hydrogen-bond acceptors (Lipinski definition) is 4. The molecule has 11 heteroatoms. The summed E-state index contributed by atoms with van der Waals surface area (Å²) in [5.74, 6) is -1.21. The number of rotatable bonds is 5. The number of carbonyl (C=O) groups excluding carboxylic acids is 3. The molecule has 8 nitrogen and oxygen atoms in total. The summed E-state index contributed by atoms with van der Waals surface area (Å²) in [7, 11) is 1.59. The summed E-state index contributed by atoms with van der Waals surface area (Å²) in [6, 6.07) is 11.7. The van der Waals surface area contributed by atoms with Crippen LogP contribution in [-0.4, -0.2) is 34.2 Å². The van der Waals surface area contributed by atoms with E-state index in [1.54, 1.807) is 31.3 Å². The van der Waals surface area contributed by atoms with E-state index in [-0.39, 0.29) is 12.1 Å². The van der Waals surface area contributed by atoms with Crippen LogP contribution in [0.3, 0.4) is 0 Å². The Balaban J connectivity index is 1.61. The molecule has 170 valence electrons. The minimum atomic E-state index is -4.47. The van der Waals surface area contributed by atoms with Crippen LogP contribution in [0.1, 0.15) is 21.6 Å². The molecule has 0 unspecified atom stereocenters. The molecule has 3 aromatic rings. The molecule has 1 aromatic heterocycles. The van der Waals surface area contributed by atoms with Crippen LogP contribution in [0.2, 0.25) is 0 Å². The van der Waals surface area contributed by atoms with Gasteiger partial charge in [-0.15, -0.1) is 0 Å². The number of carbonyl (C=O) groups is 3. The Bertz CT molecular complexity index is 1240. The molecule has 4 amide bonds. The van der Waals surface area contributed by atoms with Crippen LogP contribution in [0.5, 0.6) is 0 Å². The van der Waals surface area contributed by atoms with Gasteiger partial charge in [0, 0.05) is 18.8 Å². The van der Waals surface area contributed by atoms with Gasteiger partial charge in [-0.25, -0.2) is 4.79 Å². The largest absolute Gasteiger partial charge is 0.416 e. The molecular formula is C22H18F3N5O3. The average Bonchev–Trinajstić information content (AvgIpc) is 3.34. The third-order valence-corrected chi connectivity index (χ3v) is 5.41. The van der Waals surface area contributed by atoms with Crippen molar-refractivity contribution in [3.8, 4) is 11.1 Å². The molecule has 0 bridgehead atoms. The van der Waals surface area contributed by atoms with Gasteiger partial charge in [0.05, 0.1) is 17.8 Å². The van der Waals surface area contributed by atoms with Crippen LogP contribution in [0.15, 0.2) is 60.8 Å². The first kappa shape index (κ1) is 22.1. The third kappa shape index (κ3) is 4.04. The summed E-state index contributed by atoms with van der Waals surface area (Å²) in [4.78, 5) is 37.5. The Morgan fingerprint density at radius 2 is 1.79 bits per heavy atom. The van der Waals surface area contributed by atoms with Crippen LogP contribution in [0.4, 0.5) is 18.0 Å². The number of hydrogen-bond donors (Lipinski definition) is 3. The van der Waals surface area contributed by atoms with Crippen LogP contribution in [-0.2, 0) is 23.6 Å². The summed E-state index contributed by atoms with van der Waals surface area (Å²) < 4.78 is 40.1. The molecule has 0 radical (unpaired) electrons. The molecular weight excluding hydrogens is 439 g/mol. The highest BCUT2D eigenvalue weighted by atomic mass is 19.4. The number of nitrogens with zero attached hydrogens (tertiary/aromatic N) is 2. The van der Waals surface area contributed by atoms with Crippen LogP contribution in [0.25, 0.3) is 11.1 Å². The molecule has 2 aromatic carbocycles. The first-order chi connectivity index (χ1) is 15.6. The highest BCUT2D eigenvalue weighted by Crippen LogP contribution is 2.32. The second kappa shape index (κ2) is 8.08. The number of imide groups is 1. The SMILES string of the molecule is Cn1nccc1[C@]1(CNC(=O)c2ccccc2-c2ccc(C(F)(F)F)cc2)NC(=O)NC1=O. The van der Waals surface area contributed by atoms with Crippen LogP contribution < -0.4 is 16.0 Å². The standard InChI is InChI=1S/C22H18F3N5O3/c1-30-17(10-11-27-30)21(19(32)28-20(33)29-21)12-26-18(31)16-5-3-2-4-15(16)13-6-8-14(9-7-13)22(23,24)25/h2-11H,12H2,1H3,(H,26,31)(H2,28,29,32,33)/t21-/m0/s1. The van der Waals surface area contributed by atoms with Crippen molar-refractivity contribution >= 4 is 17.8 Å². The molecule has 2 heterocycles. The minimum absolute atomic E-state index is 0.196. The van der Waals surface area contributed by atoms with E-state index < -0.39 is 35.1 Å². The highest BCUT2D eigenvalue weighted by Gasteiger charge is 2.50. The summed E-state index contributed by atoms with van der Waals surface area (Å²) in [6.45, 7) is -0.274. The van der Waals surface area contributed by atoms with Gasteiger partial charge >= 0.3 is 12.2 Å². The van der Waals surface area contributed by atoms with E-state index in [1.807, 2.05) is 0 Å². The monoisotopic (exact) mass is 457 g/mol. The number of aromatic nitrogens is 2. The molecule has 1 aliphatic heterocycles. The van der Waals surface area contributed by atoms with E-state index in [4.69, 9.17) is 0 Å². The van der Waals surface area contributed by atoms with Crippen molar-refractivity contribution in [1.29, 1.82) is 0 Å². The van der Waals surface area contributed by atoms with Gasteiger partial charge < -0.3 is 10.6 Å². The predicted octanol–water partition coefficient (Wildman–Crippen LogP) is 2.57. The lowest BCUT2D eigenvalue weighted by molar-refractivity contribution is -0.137. The zero-order valence-electron chi connectivity index (χ0n) is 17.2. The number of alkyl halides is 3. The van der Waals surface area contributed by atoms with Crippen LogP contribution in [0, 0.1) is 0 Å². The number of benzene rings is 2. The Hall–Kier alpha value is -4.15. The fraction of sp³-hybridized carbons (Fsp3) is 0.182. The van der Waals surface area contributed by atoms with E-state index in [2.05, 4.69) is 21.0 Å². The first-order valence-electron chi connectivity index (χ1n) is 9.79. The van der Waals surface area contributed by atoms with Crippen molar-refractivity contribution in [2.24, 2.45) is 7.05 Å². The fourth-order valence-corrected chi connectivity index (χ4v) is 3.76. The summed E-state index contributed by atoms with van der Waals surface area (Å²) in [5, 5.41) is 11.4. The zero-order chi connectivity index (χ0) is 23.8. The summed E-state index contributed by atoms with van der Waals surface area (Å²) in [5.41, 5.74) is -0.972. The molecule has 1 aliphatic rings. The van der Waals surface area contributed by atoms with Crippen molar-refractivity contribution < 1.29 is 27.6 Å². The fourth-order valence-electron chi connectivity index (χ4n) is 3.76. The van der Waals surface area contributed by atoms with E-state index in [0.717, 1.165) is 12.1 Å². The smallest absolute Gasteiger partial charge is 0.349 e. The van der Waals surface area contributed by atoms with Crippen molar-refractivity contribution in [2.45, 2.75) is 11.7 Å². The quantitative estimate of drug-likeness (QED) is 0.512. The zero-order valence-corrected chi connectivity index (χ0v) is 17.2. The third-order valence-electron chi connectivity index (χ3n) is 5.41. The Morgan fingerprint density at radius 1 is 1.09 bits per heavy atom. The van der Waals surface area contributed by atoms with Gasteiger partial charge in [0.15, 0.2) is 5.54 Å². The number of halogens is 3. The number of urea groups is 1. The van der Waals surface area contributed by atoms with E-state index in [0.29, 0.717) is 16.8 Å². The van der Waals surface area contributed by atoms with E-state index >= 15 is 0 Å². The predicted molar refractivity (Wildman–Crippen MR) is 111 cm³/mol. The maximum Gasteiger partial charge on any atom is 0.416 e. The molecule has 1 atom stereocenters. The molecule has 33 heavy (non-hydrogen) atoms. The maximum atomic E-state index is 13.0. The molecule has 0 saturated carbocycles. The van der Waals surface area contributed by atoms with Gasteiger partial charge in [-0.05, 0) is 35.4 Å². The second-order valence-electron chi connectivity index (χ2n) is 7.46. The average molecular weight is 457 g/mol. The highest BCUT2D eigenvalue weighted by molar-refractivity contribution is 6.08.